The molecule has 4 nitrogen and oxygen atoms in total. The summed E-state index contributed by atoms with van der Waals surface area (Å²) in [7, 11) is 0. The Hall–Kier alpha value is -2.69. The van der Waals surface area contributed by atoms with Crippen LogP contribution in [0.2, 0.25) is 0 Å². The van der Waals surface area contributed by atoms with Crippen LogP contribution in [0.5, 0.6) is 0 Å². The van der Waals surface area contributed by atoms with Crippen molar-refractivity contribution in [3.05, 3.63) is 71.5 Å². The largest absolute Gasteiger partial charge is 0.355 e. The first-order valence-corrected chi connectivity index (χ1v) is 8.86. The van der Waals surface area contributed by atoms with Crippen molar-refractivity contribution >= 4 is 11.8 Å². The first-order chi connectivity index (χ1) is 12.5. The van der Waals surface area contributed by atoms with Crippen molar-refractivity contribution in [3.63, 3.8) is 0 Å². The molecule has 0 aromatic heterocycles. The van der Waals surface area contributed by atoms with Crippen LogP contribution in [0.3, 0.4) is 0 Å². The van der Waals surface area contributed by atoms with Crippen LogP contribution in [0.1, 0.15) is 31.4 Å². The van der Waals surface area contributed by atoms with Gasteiger partial charge in [0.1, 0.15) is 11.9 Å². The molecular formula is C21H25FN2O2. The van der Waals surface area contributed by atoms with Crippen LogP contribution in [0.4, 0.5) is 4.39 Å². The van der Waals surface area contributed by atoms with E-state index >= 15 is 0 Å². The number of amides is 2. The van der Waals surface area contributed by atoms with Gasteiger partial charge in [-0.15, -0.1) is 0 Å². The molecule has 0 saturated carbocycles. The molecule has 1 unspecified atom stereocenters. The van der Waals surface area contributed by atoms with Crippen molar-refractivity contribution in [2.24, 2.45) is 0 Å². The van der Waals surface area contributed by atoms with Gasteiger partial charge in [-0.25, -0.2) is 4.39 Å². The number of hydrogen-bond donors (Lipinski definition) is 1. The summed E-state index contributed by atoms with van der Waals surface area (Å²) in [6, 6.07) is 15.2. The highest BCUT2D eigenvalue weighted by Gasteiger charge is 2.25. The lowest BCUT2D eigenvalue weighted by atomic mass is 10.1. The maximum absolute atomic E-state index is 13.1. The normalized spacial score (nSPS) is 11.7. The molecule has 0 aliphatic carbocycles. The van der Waals surface area contributed by atoms with E-state index in [-0.39, 0.29) is 24.2 Å². The molecule has 0 aliphatic heterocycles. The average Bonchev–Trinajstić information content (AvgIpc) is 2.66. The fourth-order valence-electron chi connectivity index (χ4n) is 2.73. The van der Waals surface area contributed by atoms with Crippen LogP contribution >= 0.6 is 0 Å². The molecular weight excluding hydrogens is 331 g/mol. The van der Waals surface area contributed by atoms with Gasteiger partial charge in [0, 0.05) is 19.5 Å². The van der Waals surface area contributed by atoms with Crippen LogP contribution in [-0.4, -0.2) is 29.3 Å². The highest BCUT2D eigenvalue weighted by atomic mass is 19.1. The standard InChI is InChI=1S/C21H25FN2O2/c1-3-23-21(26)16(2)24(15-18-9-12-19(22)13-10-18)20(25)14-11-17-7-5-4-6-8-17/h4-10,12-13,16H,3,11,14-15H2,1-2H3,(H,23,26). The van der Waals surface area contributed by atoms with Gasteiger partial charge in [-0.3, -0.25) is 9.59 Å². The van der Waals surface area contributed by atoms with E-state index in [2.05, 4.69) is 5.32 Å². The third-order valence-electron chi connectivity index (χ3n) is 4.25. The maximum atomic E-state index is 13.1. The van der Waals surface area contributed by atoms with Gasteiger partial charge in [0.15, 0.2) is 0 Å². The minimum absolute atomic E-state index is 0.100. The monoisotopic (exact) mass is 356 g/mol. The van der Waals surface area contributed by atoms with E-state index in [4.69, 9.17) is 0 Å². The zero-order valence-corrected chi connectivity index (χ0v) is 15.2. The average molecular weight is 356 g/mol. The number of rotatable bonds is 8. The van der Waals surface area contributed by atoms with Crippen molar-refractivity contribution < 1.29 is 14.0 Å². The van der Waals surface area contributed by atoms with Gasteiger partial charge in [-0.05, 0) is 43.5 Å². The van der Waals surface area contributed by atoms with Crippen molar-refractivity contribution in [1.29, 1.82) is 0 Å². The first kappa shape index (κ1) is 19.6. The predicted octanol–water partition coefficient (Wildman–Crippen LogP) is 3.31. The number of likely N-dealkylation sites (N-methyl/N-ethyl adjacent to an activating group) is 1. The molecule has 26 heavy (non-hydrogen) atoms. The minimum atomic E-state index is -0.594. The summed E-state index contributed by atoms with van der Waals surface area (Å²) in [5.74, 6) is -0.618. The lowest BCUT2D eigenvalue weighted by Crippen LogP contribution is -2.47. The molecule has 0 bridgehead atoms. The van der Waals surface area contributed by atoms with Crippen LogP contribution in [0.25, 0.3) is 0 Å². The zero-order valence-electron chi connectivity index (χ0n) is 15.2. The van der Waals surface area contributed by atoms with E-state index in [1.165, 1.54) is 12.1 Å². The second kappa shape index (κ2) is 9.70. The van der Waals surface area contributed by atoms with Crippen molar-refractivity contribution in [2.75, 3.05) is 6.54 Å². The number of hydrogen-bond acceptors (Lipinski definition) is 2. The molecule has 0 spiro atoms. The Balaban J connectivity index is 2.11. The second-order valence-electron chi connectivity index (χ2n) is 6.20. The lowest BCUT2D eigenvalue weighted by Gasteiger charge is -2.28. The Bertz CT molecular complexity index is 717. The SMILES string of the molecule is CCNC(=O)C(C)N(Cc1ccc(F)cc1)C(=O)CCc1ccccc1. The molecule has 1 atom stereocenters. The Morgan fingerprint density at radius 2 is 1.69 bits per heavy atom. The van der Waals surface area contributed by atoms with Gasteiger partial charge in [0.05, 0.1) is 0 Å². The summed E-state index contributed by atoms with van der Waals surface area (Å²) < 4.78 is 13.1. The number of benzene rings is 2. The Morgan fingerprint density at radius 3 is 2.31 bits per heavy atom. The Labute approximate surface area is 154 Å². The maximum Gasteiger partial charge on any atom is 0.242 e. The van der Waals surface area contributed by atoms with Gasteiger partial charge in [0.2, 0.25) is 11.8 Å². The molecule has 0 saturated heterocycles. The number of aryl methyl sites for hydroxylation is 1. The molecule has 5 heteroatoms. The van der Waals surface area contributed by atoms with E-state index in [1.807, 2.05) is 37.3 Å². The first-order valence-electron chi connectivity index (χ1n) is 8.86. The summed E-state index contributed by atoms with van der Waals surface area (Å²) >= 11 is 0. The van der Waals surface area contributed by atoms with Crippen molar-refractivity contribution in [2.45, 2.75) is 39.3 Å². The van der Waals surface area contributed by atoms with Crippen LogP contribution in [0, 0.1) is 5.82 Å². The van der Waals surface area contributed by atoms with Gasteiger partial charge in [-0.1, -0.05) is 42.5 Å². The van der Waals surface area contributed by atoms with E-state index in [9.17, 15) is 14.0 Å². The third kappa shape index (κ3) is 5.69. The van der Waals surface area contributed by atoms with E-state index in [1.54, 1.807) is 24.0 Å². The van der Waals surface area contributed by atoms with Crippen LogP contribution in [0.15, 0.2) is 54.6 Å². The highest BCUT2D eigenvalue weighted by molar-refractivity contribution is 5.87. The van der Waals surface area contributed by atoms with Gasteiger partial charge in [0.25, 0.3) is 0 Å². The van der Waals surface area contributed by atoms with E-state index in [0.29, 0.717) is 19.4 Å². The van der Waals surface area contributed by atoms with Crippen LogP contribution < -0.4 is 5.32 Å². The number of carbonyl (C=O) groups excluding carboxylic acids is 2. The number of nitrogens with one attached hydrogen (secondary N) is 1. The summed E-state index contributed by atoms with van der Waals surface area (Å²) in [5.41, 5.74) is 1.86. The molecule has 0 radical (unpaired) electrons. The summed E-state index contributed by atoms with van der Waals surface area (Å²) in [5, 5.41) is 2.76. The second-order valence-corrected chi connectivity index (χ2v) is 6.20. The van der Waals surface area contributed by atoms with E-state index < -0.39 is 6.04 Å². The summed E-state index contributed by atoms with van der Waals surface area (Å²) in [6.07, 6.45) is 0.927. The summed E-state index contributed by atoms with van der Waals surface area (Å²) in [4.78, 5) is 26.6. The third-order valence-corrected chi connectivity index (χ3v) is 4.25. The number of nitrogens with zero attached hydrogens (tertiary/aromatic N) is 1. The number of carbonyl (C=O) groups is 2. The Morgan fingerprint density at radius 1 is 1.04 bits per heavy atom. The fraction of sp³-hybridized carbons (Fsp3) is 0.333. The van der Waals surface area contributed by atoms with Gasteiger partial charge < -0.3 is 10.2 Å². The molecule has 0 aliphatic rings. The summed E-state index contributed by atoms with van der Waals surface area (Å²) in [6.45, 7) is 4.33. The number of halogens is 1. The molecule has 2 aromatic rings. The van der Waals surface area contributed by atoms with Gasteiger partial charge >= 0.3 is 0 Å². The molecule has 2 rings (SSSR count). The predicted molar refractivity (Wildman–Crippen MR) is 99.9 cm³/mol. The van der Waals surface area contributed by atoms with Gasteiger partial charge in [-0.2, -0.15) is 0 Å². The minimum Gasteiger partial charge on any atom is -0.355 e. The quantitative estimate of drug-likeness (QED) is 0.789. The molecule has 1 N–H and O–H groups in total. The smallest absolute Gasteiger partial charge is 0.242 e. The van der Waals surface area contributed by atoms with Crippen LogP contribution in [-0.2, 0) is 22.6 Å². The van der Waals surface area contributed by atoms with Crippen molar-refractivity contribution in [1.82, 2.24) is 10.2 Å². The van der Waals surface area contributed by atoms with E-state index in [0.717, 1.165) is 11.1 Å². The topological polar surface area (TPSA) is 49.4 Å². The molecule has 2 amide bonds. The highest BCUT2D eigenvalue weighted by Crippen LogP contribution is 2.13. The molecule has 0 fully saturated rings. The molecule has 2 aromatic carbocycles. The molecule has 138 valence electrons. The molecule has 0 heterocycles. The zero-order chi connectivity index (χ0) is 18.9. The van der Waals surface area contributed by atoms with Crippen molar-refractivity contribution in [3.8, 4) is 0 Å². The lowest BCUT2D eigenvalue weighted by molar-refractivity contribution is -0.140. The Kier molecular flexibility index (Phi) is 7.33. The fourth-order valence-corrected chi connectivity index (χ4v) is 2.73.